The lowest BCUT2D eigenvalue weighted by Crippen LogP contribution is -2.58. The van der Waals surface area contributed by atoms with Crippen molar-refractivity contribution in [1.29, 1.82) is 0 Å². The number of hydrogen-bond acceptors (Lipinski definition) is 12. The van der Waals surface area contributed by atoms with E-state index in [0.717, 1.165) is 18.4 Å². The second-order valence-electron chi connectivity index (χ2n) is 17.1. The minimum Gasteiger partial charge on any atom is -0.390 e. The van der Waals surface area contributed by atoms with Crippen molar-refractivity contribution in [3.63, 3.8) is 0 Å². The molecule has 4 fully saturated rings. The van der Waals surface area contributed by atoms with Gasteiger partial charge in [-0.2, -0.15) is 0 Å². The van der Waals surface area contributed by atoms with Crippen LogP contribution in [0.2, 0.25) is 0 Å². The van der Waals surface area contributed by atoms with Crippen molar-refractivity contribution < 1.29 is 59.4 Å². The van der Waals surface area contributed by atoms with E-state index >= 15 is 0 Å². The van der Waals surface area contributed by atoms with Crippen LogP contribution >= 0.6 is 0 Å². The van der Waals surface area contributed by atoms with Crippen molar-refractivity contribution in [2.75, 3.05) is 0 Å². The molecule has 2 saturated carbocycles. The van der Waals surface area contributed by atoms with Gasteiger partial charge in [0.1, 0.15) is 24.4 Å². The molecule has 2 aliphatic heterocycles. The molecule has 2 aromatic rings. The second kappa shape index (κ2) is 20.5. The molecule has 7 N–H and O–H groups in total. The highest BCUT2D eigenvalue weighted by Gasteiger charge is 2.49. The van der Waals surface area contributed by atoms with E-state index in [2.05, 4.69) is 44.2 Å². The van der Waals surface area contributed by atoms with Crippen LogP contribution in [-0.2, 0) is 30.3 Å². The standard InChI is InChI=1S/C27H38O6.C16H30O6.CH4/c1-5-21-23(29)22(28)17(4)27(32-21)33-26-16(3)12-15(2)25(24(26)30)31-14-18-10-11-19-8-6-7-9-20(19)13-18;1-5-10-13(19)12(18)9(4)16(21-10)22-15-8(3)6-7(2)11(17)14(15)20;/h6-11,13,15-17,21-30H,5,12,14H2,1-4H3;7-20H,5-6H2,1-4H3;1H4. The summed E-state index contributed by atoms with van der Waals surface area (Å²) in [5.74, 6) is -0.433. The molecule has 0 amide bonds. The Morgan fingerprint density at radius 1 is 0.536 bits per heavy atom. The number of aliphatic hydroxyl groups is 7. The largest absolute Gasteiger partial charge is 0.390 e. The van der Waals surface area contributed by atoms with E-state index in [1.165, 1.54) is 10.8 Å². The third-order valence-corrected chi connectivity index (χ3v) is 12.8. The van der Waals surface area contributed by atoms with Crippen LogP contribution in [0.5, 0.6) is 0 Å². The predicted molar refractivity (Wildman–Crippen MR) is 213 cm³/mol. The van der Waals surface area contributed by atoms with Crippen molar-refractivity contribution >= 4 is 10.8 Å². The Morgan fingerprint density at radius 3 is 1.52 bits per heavy atom. The fraction of sp³-hybridized carbons (Fsp3) is 0.773. The molecule has 2 aliphatic carbocycles. The molecule has 0 bridgehead atoms. The first-order valence-electron chi connectivity index (χ1n) is 20.5. The molecule has 12 nitrogen and oxygen atoms in total. The fourth-order valence-corrected chi connectivity index (χ4v) is 9.09. The summed E-state index contributed by atoms with van der Waals surface area (Å²) in [5, 5.41) is 74.8. The van der Waals surface area contributed by atoms with Crippen LogP contribution in [-0.4, -0.2) is 122 Å². The van der Waals surface area contributed by atoms with Gasteiger partial charge in [-0.1, -0.05) is 99.2 Å². The zero-order chi connectivity index (χ0) is 40.3. The highest BCUT2D eigenvalue weighted by molar-refractivity contribution is 5.82. The van der Waals surface area contributed by atoms with Crippen LogP contribution in [0, 0.1) is 35.5 Å². The maximum Gasteiger partial charge on any atom is 0.163 e. The van der Waals surface area contributed by atoms with Gasteiger partial charge in [0.2, 0.25) is 0 Å². The Morgan fingerprint density at radius 2 is 1.00 bits per heavy atom. The minimum atomic E-state index is -0.974. The van der Waals surface area contributed by atoms with Crippen molar-refractivity contribution in [1.82, 2.24) is 0 Å². The smallest absolute Gasteiger partial charge is 0.163 e. The Bertz CT molecular complexity index is 1470. The summed E-state index contributed by atoms with van der Waals surface area (Å²) in [5.41, 5.74) is 1.07. The molecule has 20 atom stereocenters. The molecule has 20 unspecified atom stereocenters. The fourth-order valence-electron chi connectivity index (χ4n) is 9.09. The number of fused-ring (bicyclic) bond motifs is 1. The van der Waals surface area contributed by atoms with Gasteiger partial charge in [0.25, 0.3) is 0 Å². The van der Waals surface area contributed by atoms with E-state index in [0.29, 0.717) is 19.4 Å². The quantitative estimate of drug-likeness (QED) is 0.188. The van der Waals surface area contributed by atoms with E-state index in [4.69, 9.17) is 23.7 Å². The summed E-state index contributed by atoms with van der Waals surface area (Å²) in [6, 6.07) is 14.5. The Balaban J connectivity index is 0.000000265. The lowest BCUT2D eigenvalue weighted by atomic mass is 9.77. The van der Waals surface area contributed by atoms with Gasteiger partial charge < -0.3 is 59.4 Å². The summed E-state index contributed by atoms with van der Waals surface area (Å²) < 4.78 is 30.2. The highest BCUT2D eigenvalue weighted by Crippen LogP contribution is 2.38. The van der Waals surface area contributed by atoms with Gasteiger partial charge in [-0.05, 0) is 71.8 Å². The van der Waals surface area contributed by atoms with E-state index in [1.807, 2.05) is 39.8 Å². The first kappa shape index (κ1) is 46.9. The average Bonchev–Trinajstić information content (AvgIpc) is 3.17. The maximum atomic E-state index is 11.3. The van der Waals surface area contributed by atoms with Crippen molar-refractivity contribution in [3.8, 4) is 0 Å². The van der Waals surface area contributed by atoms with Crippen LogP contribution < -0.4 is 0 Å². The molecule has 2 saturated heterocycles. The second-order valence-corrected chi connectivity index (χ2v) is 17.1. The summed E-state index contributed by atoms with van der Waals surface area (Å²) in [6.45, 7) is 15.8. The van der Waals surface area contributed by atoms with Gasteiger partial charge >= 0.3 is 0 Å². The van der Waals surface area contributed by atoms with E-state index in [9.17, 15) is 35.7 Å². The first-order chi connectivity index (χ1) is 26.1. The van der Waals surface area contributed by atoms with Gasteiger partial charge in [-0.25, -0.2) is 0 Å². The molecule has 2 heterocycles. The van der Waals surface area contributed by atoms with Gasteiger partial charge in [0.05, 0.1) is 55.4 Å². The number of aliphatic hydroxyl groups excluding tert-OH is 7. The Labute approximate surface area is 334 Å². The van der Waals surface area contributed by atoms with Crippen LogP contribution in [0.4, 0.5) is 0 Å². The Kier molecular flexibility index (Phi) is 17.1. The number of hydrogen-bond donors (Lipinski definition) is 7. The van der Waals surface area contributed by atoms with E-state index in [1.54, 1.807) is 13.8 Å². The molecular formula is C44H72O12. The normalized spacial score (nSPS) is 44.3. The summed E-state index contributed by atoms with van der Waals surface area (Å²) in [4.78, 5) is 0. The number of ether oxygens (including phenoxy) is 5. The average molecular weight is 793 g/mol. The topological polar surface area (TPSA) is 188 Å². The third kappa shape index (κ3) is 10.3. The van der Waals surface area contributed by atoms with Gasteiger partial charge in [-0.3, -0.25) is 0 Å². The molecule has 0 aromatic heterocycles. The minimum absolute atomic E-state index is 0. The van der Waals surface area contributed by atoms with Crippen molar-refractivity contribution in [2.24, 2.45) is 35.5 Å². The monoisotopic (exact) mass is 793 g/mol. The van der Waals surface area contributed by atoms with Crippen LogP contribution in [0.1, 0.15) is 94.1 Å². The van der Waals surface area contributed by atoms with Gasteiger partial charge in [0, 0.05) is 11.8 Å². The molecule has 6 rings (SSSR count). The third-order valence-electron chi connectivity index (χ3n) is 12.8. The first-order valence-corrected chi connectivity index (χ1v) is 20.5. The lowest BCUT2D eigenvalue weighted by Gasteiger charge is -2.47. The van der Waals surface area contributed by atoms with Crippen molar-refractivity contribution in [2.45, 2.75) is 181 Å². The molecule has 12 heteroatoms. The zero-order valence-corrected chi connectivity index (χ0v) is 33.8. The SMILES string of the molecule is C.CCC1OC(OC2C(C)CC(C)C(O)C2O)C(C)C(O)C1O.CCC1OC(OC2C(C)CC(C)C(OCc3ccc4ccccc4c3)C2O)C(C)C(O)C1O. The lowest BCUT2D eigenvalue weighted by molar-refractivity contribution is -0.311. The van der Waals surface area contributed by atoms with Crippen molar-refractivity contribution in [3.05, 3.63) is 48.0 Å². The summed E-state index contributed by atoms with van der Waals surface area (Å²) >= 11 is 0. The van der Waals surface area contributed by atoms with Crippen LogP contribution in [0.3, 0.4) is 0 Å². The predicted octanol–water partition coefficient (Wildman–Crippen LogP) is 4.54. The Hall–Kier alpha value is -1.78. The molecule has 0 radical (unpaired) electrons. The van der Waals surface area contributed by atoms with Crippen LogP contribution in [0.15, 0.2) is 42.5 Å². The number of rotatable bonds is 9. The maximum absolute atomic E-state index is 11.3. The summed E-state index contributed by atoms with van der Waals surface area (Å²) in [7, 11) is 0. The zero-order valence-electron chi connectivity index (χ0n) is 33.8. The molecule has 4 aliphatic rings. The van der Waals surface area contributed by atoms with Crippen LogP contribution in [0.25, 0.3) is 10.8 Å². The van der Waals surface area contributed by atoms with E-state index < -0.39 is 91.6 Å². The molecule has 2 aromatic carbocycles. The highest BCUT2D eigenvalue weighted by atomic mass is 16.7. The molecular weight excluding hydrogens is 720 g/mol. The molecule has 0 spiro atoms. The van der Waals surface area contributed by atoms with Gasteiger partial charge in [0.15, 0.2) is 12.6 Å². The molecule has 320 valence electrons. The molecule has 56 heavy (non-hydrogen) atoms. The summed E-state index contributed by atoms with van der Waals surface area (Å²) in [6.07, 6.45) is -7.34. The van der Waals surface area contributed by atoms with Gasteiger partial charge in [-0.15, -0.1) is 0 Å². The number of benzene rings is 2. The van der Waals surface area contributed by atoms with E-state index in [-0.39, 0.29) is 37.2 Å².